The normalized spacial score (nSPS) is 13.7. The zero-order chi connectivity index (χ0) is 11.9. The highest BCUT2D eigenvalue weighted by Crippen LogP contribution is 2.11. The van der Waals surface area contributed by atoms with Crippen LogP contribution in [0.4, 0.5) is 0 Å². The first-order valence-corrected chi connectivity index (χ1v) is 5.75. The van der Waals surface area contributed by atoms with Crippen molar-refractivity contribution in [2.24, 2.45) is 0 Å². The van der Waals surface area contributed by atoms with Crippen LogP contribution in [-0.2, 0) is 9.53 Å². The summed E-state index contributed by atoms with van der Waals surface area (Å²) in [5, 5.41) is 9.52. The number of rotatable bonds is 6. The summed E-state index contributed by atoms with van der Waals surface area (Å²) in [6.45, 7) is 7.62. The van der Waals surface area contributed by atoms with Gasteiger partial charge in [0.2, 0.25) is 0 Å². The van der Waals surface area contributed by atoms with E-state index in [1.807, 2.05) is 20.8 Å². The number of aliphatic hydroxyl groups is 1. The quantitative estimate of drug-likeness (QED) is 0.694. The predicted molar refractivity (Wildman–Crippen MR) is 60.6 cm³/mol. The van der Waals surface area contributed by atoms with Crippen LogP contribution >= 0.6 is 0 Å². The Morgan fingerprint density at radius 2 is 1.93 bits per heavy atom. The molecule has 0 aromatic heterocycles. The van der Waals surface area contributed by atoms with Gasteiger partial charge in [0.15, 0.2) is 0 Å². The Labute approximate surface area is 92.8 Å². The third-order valence-electron chi connectivity index (χ3n) is 1.99. The van der Waals surface area contributed by atoms with Gasteiger partial charge in [-0.05, 0) is 33.6 Å². The van der Waals surface area contributed by atoms with Crippen LogP contribution in [0.2, 0.25) is 0 Å². The number of carbonyl (C=O) groups is 1. The van der Waals surface area contributed by atoms with Crippen molar-refractivity contribution in [2.75, 3.05) is 0 Å². The van der Waals surface area contributed by atoms with Gasteiger partial charge in [-0.1, -0.05) is 19.8 Å². The molecule has 0 aliphatic carbocycles. The number of unbranched alkanes of at least 4 members (excludes halogenated alkanes) is 1. The van der Waals surface area contributed by atoms with Gasteiger partial charge < -0.3 is 9.84 Å². The summed E-state index contributed by atoms with van der Waals surface area (Å²) in [7, 11) is 0. The summed E-state index contributed by atoms with van der Waals surface area (Å²) in [4.78, 5) is 11.3. The Morgan fingerprint density at radius 3 is 2.40 bits per heavy atom. The number of carbonyl (C=O) groups excluding carboxylic acids is 1. The average molecular weight is 216 g/mol. The van der Waals surface area contributed by atoms with E-state index in [4.69, 9.17) is 4.74 Å². The van der Waals surface area contributed by atoms with Crippen molar-refractivity contribution in [3.8, 4) is 0 Å². The Hall–Kier alpha value is -0.570. The maximum Gasteiger partial charge on any atom is 0.306 e. The van der Waals surface area contributed by atoms with E-state index in [-0.39, 0.29) is 12.1 Å². The zero-order valence-corrected chi connectivity index (χ0v) is 10.4. The van der Waals surface area contributed by atoms with Crippen LogP contribution in [0, 0.1) is 0 Å². The van der Waals surface area contributed by atoms with Gasteiger partial charge in [0.25, 0.3) is 0 Å². The molecule has 0 aliphatic rings. The van der Waals surface area contributed by atoms with E-state index in [1.165, 1.54) is 0 Å². The highest BCUT2D eigenvalue weighted by molar-refractivity contribution is 5.69. The van der Waals surface area contributed by atoms with E-state index >= 15 is 0 Å². The number of ether oxygens (including phenoxy) is 1. The van der Waals surface area contributed by atoms with Crippen molar-refractivity contribution in [2.45, 2.75) is 71.5 Å². The van der Waals surface area contributed by atoms with Crippen molar-refractivity contribution in [3.63, 3.8) is 0 Å². The molecule has 0 amide bonds. The van der Waals surface area contributed by atoms with Crippen molar-refractivity contribution in [1.29, 1.82) is 0 Å². The van der Waals surface area contributed by atoms with Gasteiger partial charge in [0.05, 0.1) is 6.10 Å². The third-order valence-corrected chi connectivity index (χ3v) is 1.99. The van der Waals surface area contributed by atoms with E-state index in [9.17, 15) is 9.90 Å². The molecule has 3 nitrogen and oxygen atoms in total. The van der Waals surface area contributed by atoms with E-state index in [2.05, 4.69) is 6.92 Å². The Morgan fingerprint density at radius 1 is 1.33 bits per heavy atom. The summed E-state index contributed by atoms with van der Waals surface area (Å²) < 4.78 is 5.14. The van der Waals surface area contributed by atoms with Crippen LogP contribution in [0.5, 0.6) is 0 Å². The fourth-order valence-corrected chi connectivity index (χ4v) is 1.26. The Balaban J connectivity index is 3.62. The molecule has 0 heterocycles. The molecule has 90 valence electrons. The summed E-state index contributed by atoms with van der Waals surface area (Å²) in [5.41, 5.74) is -0.425. The predicted octanol–water partition coefficient (Wildman–Crippen LogP) is 2.66. The molecule has 0 saturated carbocycles. The first-order valence-electron chi connectivity index (χ1n) is 5.75. The minimum atomic E-state index is -0.425. The molecule has 0 aromatic rings. The van der Waals surface area contributed by atoms with Crippen LogP contribution in [0.15, 0.2) is 0 Å². The maximum atomic E-state index is 11.3. The second kappa shape index (κ2) is 6.83. The standard InChI is InChI=1S/C12H24O3/c1-5-6-7-10(13)8-9-11(14)15-12(2,3)4/h10,13H,5-9H2,1-4H3/t10-/m1/s1. The van der Waals surface area contributed by atoms with Gasteiger partial charge in [0, 0.05) is 6.42 Å². The van der Waals surface area contributed by atoms with E-state index in [0.29, 0.717) is 12.8 Å². The fraction of sp³-hybridized carbons (Fsp3) is 0.917. The minimum absolute atomic E-state index is 0.224. The molecule has 0 unspecified atom stereocenters. The number of esters is 1. The molecule has 3 heteroatoms. The molecule has 0 bridgehead atoms. The third kappa shape index (κ3) is 9.73. The van der Waals surface area contributed by atoms with Gasteiger partial charge in [-0.15, -0.1) is 0 Å². The molecule has 15 heavy (non-hydrogen) atoms. The molecular weight excluding hydrogens is 192 g/mol. The van der Waals surface area contributed by atoms with Gasteiger partial charge in [0.1, 0.15) is 5.60 Å². The lowest BCUT2D eigenvalue weighted by Gasteiger charge is -2.20. The van der Waals surface area contributed by atoms with E-state index in [0.717, 1.165) is 19.3 Å². The van der Waals surface area contributed by atoms with Crippen molar-refractivity contribution in [1.82, 2.24) is 0 Å². The van der Waals surface area contributed by atoms with Gasteiger partial charge in [-0.2, -0.15) is 0 Å². The zero-order valence-electron chi connectivity index (χ0n) is 10.4. The molecule has 0 spiro atoms. The molecule has 1 N–H and O–H groups in total. The van der Waals surface area contributed by atoms with Crippen LogP contribution in [0.25, 0.3) is 0 Å². The summed E-state index contributed by atoms with van der Waals surface area (Å²) in [6, 6.07) is 0. The lowest BCUT2D eigenvalue weighted by Crippen LogP contribution is -2.24. The van der Waals surface area contributed by atoms with E-state index in [1.54, 1.807) is 0 Å². The number of hydrogen-bond donors (Lipinski definition) is 1. The smallest absolute Gasteiger partial charge is 0.306 e. The summed E-state index contributed by atoms with van der Waals surface area (Å²) in [6.07, 6.45) is 3.31. The van der Waals surface area contributed by atoms with Gasteiger partial charge in [-0.25, -0.2) is 0 Å². The van der Waals surface area contributed by atoms with Gasteiger partial charge >= 0.3 is 5.97 Å². The first kappa shape index (κ1) is 14.4. The minimum Gasteiger partial charge on any atom is -0.460 e. The molecular formula is C12H24O3. The summed E-state index contributed by atoms with van der Waals surface area (Å²) in [5.74, 6) is -0.224. The second-order valence-electron chi connectivity index (χ2n) is 4.92. The Bertz CT molecular complexity index is 182. The highest BCUT2D eigenvalue weighted by atomic mass is 16.6. The summed E-state index contributed by atoms with van der Waals surface area (Å²) >= 11 is 0. The fourth-order valence-electron chi connectivity index (χ4n) is 1.26. The molecule has 0 saturated heterocycles. The Kier molecular flexibility index (Phi) is 6.57. The molecule has 0 rings (SSSR count). The SMILES string of the molecule is CCCC[C@@H](O)CCC(=O)OC(C)(C)C. The van der Waals surface area contributed by atoms with Gasteiger partial charge in [-0.3, -0.25) is 4.79 Å². The first-order chi connectivity index (χ1) is 6.85. The van der Waals surface area contributed by atoms with Crippen molar-refractivity contribution < 1.29 is 14.6 Å². The maximum absolute atomic E-state index is 11.3. The largest absolute Gasteiger partial charge is 0.460 e. The molecule has 0 aromatic carbocycles. The molecule has 0 aliphatic heterocycles. The highest BCUT2D eigenvalue weighted by Gasteiger charge is 2.16. The topological polar surface area (TPSA) is 46.5 Å². The second-order valence-corrected chi connectivity index (χ2v) is 4.92. The van der Waals surface area contributed by atoms with E-state index < -0.39 is 5.60 Å². The molecule has 0 radical (unpaired) electrons. The lowest BCUT2D eigenvalue weighted by molar-refractivity contribution is -0.155. The number of hydrogen-bond acceptors (Lipinski definition) is 3. The molecule has 0 fully saturated rings. The van der Waals surface area contributed by atoms with Crippen LogP contribution in [0.1, 0.15) is 59.8 Å². The average Bonchev–Trinajstić information content (AvgIpc) is 2.08. The number of aliphatic hydroxyl groups excluding tert-OH is 1. The van der Waals surface area contributed by atoms with Crippen molar-refractivity contribution in [3.05, 3.63) is 0 Å². The van der Waals surface area contributed by atoms with Crippen LogP contribution < -0.4 is 0 Å². The molecule has 1 atom stereocenters. The van der Waals surface area contributed by atoms with Crippen LogP contribution in [0.3, 0.4) is 0 Å². The lowest BCUT2D eigenvalue weighted by atomic mass is 10.1. The van der Waals surface area contributed by atoms with Crippen molar-refractivity contribution >= 4 is 5.97 Å². The van der Waals surface area contributed by atoms with Crippen LogP contribution in [-0.4, -0.2) is 22.8 Å². The monoisotopic (exact) mass is 216 g/mol.